The minimum Gasteiger partial charge on any atom is -1.00 e. The van der Waals surface area contributed by atoms with Crippen LogP contribution >= 0.6 is 0 Å². The predicted octanol–water partition coefficient (Wildman–Crippen LogP) is -0.887. The molecule has 268 valence electrons. The maximum atomic E-state index is 13.8. The Morgan fingerprint density at radius 2 is 1.26 bits per heavy atom. The number of nitrogens with zero attached hydrogens (tertiary/aromatic N) is 3. The number of rotatable bonds is 5. The molecule has 2 aromatic rings. The van der Waals surface area contributed by atoms with Gasteiger partial charge in [0, 0.05) is 24.0 Å². The van der Waals surface area contributed by atoms with E-state index in [2.05, 4.69) is 19.6 Å². The molecule has 50 heavy (non-hydrogen) atoms. The molecule has 2 aliphatic heterocycles. The molecule has 2 heterocycles. The molecular formula is C27H29F7K2N4O8S2. The van der Waals surface area contributed by atoms with Crippen molar-refractivity contribution in [2.75, 3.05) is 0 Å². The quantitative estimate of drug-likeness (QED) is 0.133. The molecule has 0 bridgehead atoms. The Morgan fingerprint density at radius 3 is 1.58 bits per heavy atom. The fourth-order valence-electron chi connectivity index (χ4n) is 3.73. The number of oxime groups is 2. The van der Waals surface area contributed by atoms with Crippen LogP contribution in [0.15, 0.2) is 51.1 Å². The fourth-order valence-corrected chi connectivity index (χ4v) is 7.42. The van der Waals surface area contributed by atoms with Crippen LogP contribution in [0.4, 0.5) is 30.7 Å². The van der Waals surface area contributed by atoms with Crippen LogP contribution in [0.5, 0.6) is 0 Å². The third-order valence-electron chi connectivity index (χ3n) is 6.01. The number of alkyl halides is 3. The number of halogens is 7. The minimum atomic E-state index is -5.38. The zero-order chi connectivity index (χ0) is 36.7. The van der Waals surface area contributed by atoms with E-state index in [1.807, 2.05) is 0 Å². The predicted molar refractivity (Wildman–Crippen MR) is 155 cm³/mol. The molecule has 0 spiro atoms. The van der Waals surface area contributed by atoms with E-state index in [0.29, 0.717) is 0 Å². The van der Waals surface area contributed by atoms with Gasteiger partial charge in [0.05, 0.1) is 21.2 Å². The van der Waals surface area contributed by atoms with Gasteiger partial charge in [-0.3, -0.25) is 9.59 Å². The topological polar surface area (TPSA) is 180 Å². The number of hydrogen-bond donors (Lipinski definition) is 1. The third kappa shape index (κ3) is 14.5. The molecule has 0 aliphatic carbocycles. The Kier molecular flexibility index (Phi) is 19.7. The van der Waals surface area contributed by atoms with Gasteiger partial charge in [0.1, 0.15) is 44.2 Å². The van der Waals surface area contributed by atoms with Gasteiger partial charge in [-0.15, -0.1) is 4.36 Å². The van der Waals surface area contributed by atoms with Crippen molar-refractivity contribution in [2.24, 2.45) is 14.7 Å². The molecule has 0 aromatic heterocycles. The summed E-state index contributed by atoms with van der Waals surface area (Å²) in [7, 11) is -7.60. The van der Waals surface area contributed by atoms with Crippen molar-refractivity contribution in [3.8, 4) is 0 Å². The second kappa shape index (κ2) is 20.0. The maximum Gasteiger partial charge on any atom is 1.00 e. The molecule has 2 aliphatic rings. The Hall–Kier alpha value is -0.837. The van der Waals surface area contributed by atoms with Crippen LogP contribution in [0.25, 0.3) is 0 Å². The van der Waals surface area contributed by atoms with Gasteiger partial charge < -0.3 is 21.2 Å². The van der Waals surface area contributed by atoms with Crippen LogP contribution in [-0.4, -0.2) is 48.3 Å². The second-order valence-electron chi connectivity index (χ2n) is 11.1. The van der Waals surface area contributed by atoms with Crippen molar-refractivity contribution in [2.45, 2.75) is 69.4 Å². The summed E-state index contributed by atoms with van der Waals surface area (Å²) < 4.78 is 128. The van der Waals surface area contributed by atoms with E-state index in [9.17, 15) is 43.9 Å². The first-order valence-corrected chi connectivity index (χ1v) is 16.6. The molecule has 2 atom stereocenters. The van der Waals surface area contributed by atoms with Crippen LogP contribution < -0.4 is 108 Å². The van der Waals surface area contributed by atoms with Crippen LogP contribution in [0.1, 0.15) is 53.1 Å². The minimum absolute atomic E-state index is 0. The Bertz CT molecular complexity index is 1800. The number of hydrogen-bond acceptors (Lipinski definition) is 11. The summed E-state index contributed by atoms with van der Waals surface area (Å²) in [5.74, 6) is -8.10. The monoisotopic (exact) mass is 812 g/mol. The molecule has 0 radical (unpaired) electrons. The molecule has 2 aromatic carbocycles. The van der Waals surface area contributed by atoms with Gasteiger partial charge >= 0.3 is 115 Å². The van der Waals surface area contributed by atoms with E-state index in [1.54, 1.807) is 13.8 Å². The summed E-state index contributed by atoms with van der Waals surface area (Å²) >= 11 is 0. The van der Waals surface area contributed by atoms with Crippen LogP contribution in [0, 0.1) is 28.0 Å². The SMILES string of the molecule is CC1(C)CC(S(=N)(=O)Cc2c(F)cccc2F)=NO1.CC1(C)CC(S(=O)(Cc2c(F)cccc2F)=NC(=O)C(F)(F)F)=NO1.O=CO[O-].[H-].[K+].[K+]. The first-order chi connectivity index (χ1) is 22.0. The summed E-state index contributed by atoms with van der Waals surface area (Å²) in [5.41, 5.74) is -2.73. The maximum absolute atomic E-state index is 13.8. The summed E-state index contributed by atoms with van der Waals surface area (Å²) in [6, 6.07) is 6.10. The van der Waals surface area contributed by atoms with Gasteiger partial charge in [0.25, 0.3) is 6.47 Å². The van der Waals surface area contributed by atoms with E-state index in [-0.39, 0.29) is 134 Å². The van der Waals surface area contributed by atoms with Gasteiger partial charge in [-0.1, -0.05) is 22.4 Å². The van der Waals surface area contributed by atoms with Crippen molar-refractivity contribution >= 4 is 41.9 Å². The van der Waals surface area contributed by atoms with Crippen molar-refractivity contribution in [1.29, 1.82) is 4.78 Å². The van der Waals surface area contributed by atoms with Gasteiger partial charge in [0.15, 0.2) is 10.1 Å². The smallest absolute Gasteiger partial charge is 1.00 e. The summed E-state index contributed by atoms with van der Waals surface area (Å²) in [6.07, 6.45) is -5.38. The third-order valence-corrected chi connectivity index (χ3v) is 9.79. The van der Waals surface area contributed by atoms with Gasteiger partial charge in [-0.2, -0.15) is 13.2 Å². The fraction of sp³-hybridized carbons (Fsp3) is 0.407. The van der Waals surface area contributed by atoms with Gasteiger partial charge in [-0.25, -0.2) is 30.8 Å². The molecule has 2 unspecified atom stereocenters. The number of nitrogens with one attached hydrogen (secondary N) is 1. The van der Waals surface area contributed by atoms with E-state index < -0.39 is 88.1 Å². The number of benzene rings is 2. The Labute approximate surface area is 369 Å². The van der Waals surface area contributed by atoms with Crippen LogP contribution in [-0.2, 0) is 55.1 Å². The molecule has 23 heteroatoms. The van der Waals surface area contributed by atoms with Crippen LogP contribution in [0.2, 0.25) is 0 Å². The molecular weight excluding hydrogens is 784 g/mol. The van der Waals surface area contributed by atoms with Crippen molar-refractivity contribution in [3.63, 3.8) is 0 Å². The van der Waals surface area contributed by atoms with Crippen molar-refractivity contribution < 1.29 is 173 Å². The largest absolute Gasteiger partial charge is 1.00 e. The molecule has 0 saturated carbocycles. The molecule has 12 nitrogen and oxygen atoms in total. The Morgan fingerprint density at radius 1 is 0.900 bits per heavy atom. The number of amides is 1. The van der Waals surface area contributed by atoms with Gasteiger partial charge in [-0.05, 0) is 52.0 Å². The first-order valence-electron chi connectivity index (χ1n) is 13.2. The summed E-state index contributed by atoms with van der Waals surface area (Å²) in [5, 5.41) is 15.1. The summed E-state index contributed by atoms with van der Waals surface area (Å²) in [6.45, 7) is 6.32. The number of carbonyl (C=O) groups is 2. The zero-order valence-corrected chi connectivity index (χ0v) is 35.3. The number of carbonyl (C=O) groups excluding carboxylic acids is 2. The zero-order valence-electron chi connectivity index (χ0n) is 28.4. The average molecular weight is 813 g/mol. The normalized spacial score (nSPS) is 17.7. The summed E-state index contributed by atoms with van der Waals surface area (Å²) in [4.78, 5) is 32.4. The standard InChI is InChI=1S/C14H13F5N2O3S.C12H14F2N2O2S.CH2O3.2K.H/c1-13(2)6-11(20-24-13)25(23,21-12(22)14(17,18)19)7-8-9(15)4-3-5-10(8)16;1-12(2)6-11(16-18-12)19(15,17)7-8-9(13)4-3-5-10(8)14;2-1-4-3;;;/h3-5H,6-7H2,1-2H3;3-5,15H,6-7H2,1-2H3;1,3H;;;/q;;;2*+1;-1/p-1. The van der Waals surface area contributed by atoms with E-state index in [0.717, 1.165) is 30.3 Å². The van der Waals surface area contributed by atoms with Crippen molar-refractivity contribution in [1.82, 2.24) is 0 Å². The average Bonchev–Trinajstić information content (AvgIpc) is 3.54. The molecule has 0 fully saturated rings. The van der Waals surface area contributed by atoms with Crippen LogP contribution in [0.3, 0.4) is 0 Å². The van der Waals surface area contributed by atoms with E-state index in [1.165, 1.54) is 19.9 Å². The van der Waals surface area contributed by atoms with E-state index >= 15 is 0 Å². The molecule has 0 saturated heterocycles. The van der Waals surface area contributed by atoms with Gasteiger partial charge in [0.2, 0.25) is 0 Å². The van der Waals surface area contributed by atoms with E-state index in [4.69, 9.17) is 24.5 Å². The first kappa shape index (κ1) is 49.2. The second-order valence-corrected chi connectivity index (χ2v) is 15.5. The Balaban J connectivity index is 0. The van der Waals surface area contributed by atoms with Crippen molar-refractivity contribution in [3.05, 3.63) is 70.8 Å². The molecule has 1 amide bonds. The molecule has 1 N–H and O–H groups in total. The molecule has 4 rings (SSSR count).